The molecule has 0 aliphatic heterocycles. The highest BCUT2D eigenvalue weighted by molar-refractivity contribution is 4.41. The van der Waals surface area contributed by atoms with E-state index in [-0.39, 0.29) is 0 Å². The van der Waals surface area contributed by atoms with Crippen molar-refractivity contribution in [2.24, 2.45) is 0 Å². The quantitative estimate of drug-likeness (QED) is 0.436. The van der Waals surface area contributed by atoms with E-state index in [1.54, 1.807) is 7.11 Å². The summed E-state index contributed by atoms with van der Waals surface area (Å²) in [6, 6.07) is 0. The minimum atomic E-state index is 0.870. The van der Waals surface area contributed by atoms with Crippen molar-refractivity contribution in [1.82, 2.24) is 10.4 Å². The second-order valence-corrected chi connectivity index (χ2v) is 2.50. The largest absolute Gasteiger partial charge is 0.385 e. The fourth-order valence-electron chi connectivity index (χ4n) is 0.674. The van der Waals surface area contributed by atoms with Gasteiger partial charge in [0, 0.05) is 34.4 Å². The standard InChI is InChI=1S/C7H18N2O/c1-9(2)8-6-4-5-7-10-3/h8H,4-7H2,1-3H3. The molecule has 10 heavy (non-hydrogen) atoms. The predicted octanol–water partition coefficient (Wildman–Crippen LogP) is 0.479. The van der Waals surface area contributed by atoms with Crippen molar-refractivity contribution in [3.63, 3.8) is 0 Å². The highest BCUT2D eigenvalue weighted by Gasteiger charge is 1.88. The van der Waals surface area contributed by atoms with Gasteiger partial charge in [0.1, 0.15) is 0 Å². The van der Waals surface area contributed by atoms with Gasteiger partial charge in [-0.05, 0) is 12.8 Å². The Hall–Kier alpha value is -0.120. The zero-order valence-corrected chi connectivity index (χ0v) is 7.18. The van der Waals surface area contributed by atoms with Gasteiger partial charge in [0.05, 0.1) is 0 Å². The second kappa shape index (κ2) is 6.99. The van der Waals surface area contributed by atoms with Crippen molar-refractivity contribution in [2.75, 3.05) is 34.4 Å². The third-order valence-corrected chi connectivity index (χ3v) is 1.20. The molecule has 3 heteroatoms. The summed E-state index contributed by atoms with van der Waals surface area (Å²) in [7, 11) is 5.73. The van der Waals surface area contributed by atoms with Gasteiger partial charge in [0.25, 0.3) is 0 Å². The first-order valence-electron chi connectivity index (χ1n) is 3.67. The first-order valence-corrected chi connectivity index (χ1v) is 3.67. The molecule has 0 radical (unpaired) electrons. The van der Waals surface area contributed by atoms with E-state index in [9.17, 15) is 0 Å². The van der Waals surface area contributed by atoms with Gasteiger partial charge in [-0.1, -0.05) is 0 Å². The monoisotopic (exact) mass is 146 g/mol. The molecular formula is C7H18N2O. The lowest BCUT2D eigenvalue weighted by Crippen LogP contribution is -2.31. The number of methoxy groups -OCH3 is 1. The number of hydrogen-bond acceptors (Lipinski definition) is 3. The number of nitrogens with one attached hydrogen (secondary N) is 1. The molecule has 0 amide bonds. The average Bonchev–Trinajstić information content (AvgIpc) is 1.87. The van der Waals surface area contributed by atoms with E-state index >= 15 is 0 Å². The third kappa shape index (κ3) is 7.88. The molecule has 62 valence electrons. The summed E-state index contributed by atoms with van der Waals surface area (Å²) in [5.41, 5.74) is 3.18. The van der Waals surface area contributed by atoms with E-state index in [4.69, 9.17) is 4.74 Å². The Morgan fingerprint density at radius 2 is 2.00 bits per heavy atom. The lowest BCUT2D eigenvalue weighted by Gasteiger charge is -2.10. The first-order chi connectivity index (χ1) is 4.77. The molecule has 0 fully saturated rings. The van der Waals surface area contributed by atoms with Gasteiger partial charge in [-0.3, -0.25) is 10.4 Å². The zero-order chi connectivity index (χ0) is 7.82. The summed E-state index contributed by atoms with van der Waals surface area (Å²) in [4.78, 5) is 0. The number of hydrazine groups is 1. The van der Waals surface area contributed by atoms with E-state index in [1.165, 1.54) is 6.42 Å². The molecule has 0 aromatic carbocycles. The van der Waals surface area contributed by atoms with Crippen LogP contribution in [-0.4, -0.2) is 39.4 Å². The number of ether oxygens (including phenoxy) is 1. The van der Waals surface area contributed by atoms with Crippen LogP contribution in [0.1, 0.15) is 12.8 Å². The summed E-state index contributed by atoms with van der Waals surface area (Å²) in [5, 5.41) is 1.97. The summed E-state index contributed by atoms with van der Waals surface area (Å²) in [6.45, 7) is 1.91. The summed E-state index contributed by atoms with van der Waals surface area (Å²) >= 11 is 0. The van der Waals surface area contributed by atoms with Gasteiger partial charge in [0.15, 0.2) is 0 Å². The van der Waals surface area contributed by atoms with E-state index in [2.05, 4.69) is 5.43 Å². The minimum Gasteiger partial charge on any atom is -0.385 e. The van der Waals surface area contributed by atoms with E-state index in [0.29, 0.717) is 0 Å². The lowest BCUT2D eigenvalue weighted by molar-refractivity contribution is 0.188. The van der Waals surface area contributed by atoms with Gasteiger partial charge < -0.3 is 4.74 Å². The van der Waals surface area contributed by atoms with Crippen molar-refractivity contribution >= 4 is 0 Å². The molecule has 0 unspecified atom stereocenters. The number of unbranched alkanes of at least 4 members (excludes halogenated alkanes) is 1. The van der Waals surface area contributed by atoms with E-state index < -0.39 is 0 Å². The third-order valence-electron chi connectivity index (χ3n) is 1.20. The Balaban J connectivity index is 2.77. The molecule has 0 bridgehead atoms. The predicted molar refractivity (Wildman–Crippen MR) is 42.8 cm³/mol. The van der Waals surface area contributed by atoms with Crippen LogP contribution in [0.2, 0.25) is 0 Å². The van der Waals surface area contributed by atoms with Crippen LogP contribution in [0.4, 0.5) is 0 Å². The van der Waals surface area contributed by atoms with Crippen LogP contribution < -0.4 is 5.43 Å². The van der Waals surface area contributed by atoms with Crippen molar-refractivity contribution in [1.29, 1.82) is 0 Å². The van der Waals surface area contributed by atoms with Crippen LogP contribution in [0.3, 0.4) is 0 Å². The second-order valence-electron chi connectivity index (χ2n) is 2.50. The summed E-state index contributed by atoms with van der Waals surface area (Å²) in [6.07, 6.45) is 2.31. The Kier molecular flexibility index (Phi) is 6.91. The molecule has 3 nitrogen and oxygen atoms in total. The fourth-order valence-corrected chi connectivity index (χ4v) is 0.674. The van der Waals surface area contributed by atoms with E-state index in [0.717, 1.165) is 19.6 Å². The molecule has 0 aromatic rings. The topological polar surface area (TPSA) is 24.5 Å². The normalized spacial score (nSPS) is 10.8. The number of rotatable bonds is 6. The molecule has 0 atom stereocenters. The maximum Gasteiger partial charge on any atom is 0.0462 e. The van der Waals surface area contributed by atoms with Crippen LogP contribution in [0.5, 0.6) is 0 Å². The van der Waals surface area contributed by atoms with Crippen LogP contribution in [-0.2, 0) is 4.74 Å². The molecule has 0 heterocycles. The van der Waals surface area contributed by atoms with Crippen LogP contribution in [0.25, 0.3) is 0 Å². The summed E-state index contributed by atoms with van der Waals surface area (Å²) in [5.74, 6) is 0. The average molecular weight is 146 g/mol. The lowest BCUT2D eigenvalue weighted by atomic mass is 10.3. The molecule has 0 spiro atoms. The Labute approximate surface area is 63.3 Å². The highest BCUT2D eigenvalue weighted by atomic mass is 16.5. The van der Waals surface area contributed by atoms with Gasteiger partial charge in [-0.15, -0.1) is 0 Å². The van der Waals surface area contributed by atoms with Gasteiger partial charge >= 0.3 is 0 Å². The minimum absolute atomic E-state index is 0.870. The molecule has 0 aliphatic carbocycles. The molecular weight excluding hydrogens is 128 g/mol. The SMILES string of the molecule is COCCCCNN(C)C. The van der Waals surface area contributed by atoms with Crippen LogP contribution in [0, 0.1) is 0 Å². The van der Waals surface area contributed by atoms with Gasteiger partial charge in [-0.2, -0.15) is 0 Å². The molecule has 0 aromatic heterocycles. The maximum atomic E-state index is 4.91. The van der Waals surface area contributed by atoms with Crippen molar-refractivity contribution in [2.45, 2.75) is 12.8 Å². The fraction of sp³-hybridized carbons (Fsp3) is 1.00. The highest BCUT2D eigenvalue weighted by Crippen LogP contribution is 1.86. The molecule has 0 aliphatic rings. The van der Waals surface area contributed by atoms with Crippen LogP contribution in [0.15, 0.2) is 0 Å². The molecule has 1 N–H and O–H groups in total. The Bertz CT molecular complexity index is 66.6. The first kappa shape index (κ1) is 9.88. The smallest absolute Gasteiger partial charge is 0.0462 e. The van der Waals surface area contributed by atoms with Gasteiger partial charge in [0.2, 0.25) is 0 Å². The number of nitrogens with zero attached hydrogens (tertiary/aromatic N) is 1. The Morgan fingerprint density at radius 1 is 1.30 bits per heavy atom. The molecule has 0 rings (SSSR count). The van der Waals surface area contributed by atoms with Crippen molar-refractivity contribution in [3.05, 3.63) is 0 Å². The maximum absolute atomic E-state index is 4.91. The van der Waals surface area contributed by atoms with Crippen molar-refractivity contribution in [3.8, 4) is 0 Å². The molecule has 0 saturated carbocycles. The van der Waals surface area contributed by atoms with Crippen LogP contribution >= 0.6 is 0 Å². The zero-order valence-electron chi connectivity index (χ0n) is 7.18. The van der Waals surface area contributed by atoms with E-state index in [1.807, 2.05) is 19.1 Å². The summed E-state index contributed by atoms with van der Waals surface area (Å²) < 4.78 is 4.91. The van der Waals surface area contributed by atoms with Crippen molar-refractivity contribution < 1.29 is 4.74 Å². The van der Waals surface area contributed by atoms with Gasteiger partial charge in [-0.25, -0.2) is 0 Å². The Morgan fingerprint density at radius 3 is 2.50 bits per heavy atom. The molecule has 0 saturated heterocycles. The number of hydrogen-bond donors (Lipinski definition) is 1.